The normalized spacial score (nSPS) is 10.4. The van der Waals surface area contributed by atoms with Crippen LogP contribution in [0, 0.1) is 5.92 Å². The maximum atomic E-state index is 12.2. The number of carbonyl (C=O) groups is 2. The third-order valence-electron chi connectivity index (χ3n) is 3.45. The van der Waals surface area contributed by atoms with Crippen molar-refractivity contribution < 1.29 is 14.3 Å². The second kappa shape index (κ2) is 8.77. The molecule has 0 saturated heterocycles. The van der Waals surface area contributed by atoms with Crippen molar-refractivity contribution in [2.45, 2.75) is 20.3 Å². The Balaban J connectivity index is 1.98. The fourth-order valence-electron chi connectivity index (χ4n) is 2.06. The Morgan fingerprint density at radius 3 is 2.64 bits per heavy atom. The van der Waals surface area contributed by atoms with Gasteiger partial charge in [0, 0.05) is 12.2 Å². The first-order valence-corrected chi connectivity index (χ1v) is 8.05. The molecule has 132 valence electrons. The van der Waals surface area contributed by atoms with Gasteiger partial charge in [0.2, 0.25) is 0 Å². The van der Waals surface area contributed by atoms with Crippen LogP contribution in [0.25, 0.3) is 0 Å². The number of benzene rings is 1. The highest BCUT2D eigenvalue weighted by atomic mass is 16.5. The molecule has 0 aliphatic rings. The molecule has 0 spiro atoms. The molecule has 0 bridgehead atoms. The summed E-state index contributed by atoms with van der Waals surface area (Å²) in [6.45, 7) is 5.10. The lowest BCUT2D eigenvalue weighted by atomic mass is 10.1. The molecule has 7 nitrogen and oxygen atoms in total. The van der Waals surface area contributed by atoms with Crippen molar-refractivity contribution in [3.63, 3.8) is 0 Å². The van der Waals surface area contributed by atoms with Crippen LogP contribution in [-0.4, -0.2) is 35.5 Å². The molecule has 0 aliphatic carbocycles. The van der Waals surface area contributed by atoms with Crippen molar-refractivity contribution in [3.8, 4) is 0 Å². The van der Waals surface area contributed by atoms with Crippen molar-refractivity contribution in [3.05, 3.63) is 47.9 Å². The molecule has 0 fully saturated rings. The third-order valence-corrected chi connectivity index (χ3v) is 3.45. The quantitative estimate of drug-likeness (QED) is 0.752. The van der Waals surface area contributed by atoms with E-state index in [1.807, 2.05) is 0 Å². The Labute approximate surface area is 146 Å². The molecule has 2 rings (SSSR count). The maximum Gasteiger partial charge on any atom is 0.337 e. The number of aromatic nitrogens is 2. The van der Waals surface area contributed by atoms with Gasteiger partial charge in [-0.15, -0.1) is 0 Å². The third kappa shape index (κ3) is 5.56. The average molecular weight is 342 g/mol. The number of esters is 1. The molecule has 1 heterocycles. The minimum Gasteiger partial charge on any atom is -0.465 e. The number of nitrogens with zero attached hydrogens (tertiary/aromatic N) is 2. The standard InChI is InChI=1S/C18H22N4O3/c1-12(2)7-8-19-16-11-20-15(10-21-16)17(23)22-14-6-4-5-13(9-14)18(24)25-3/h4-6,9-12H,7-8H2,1-3H3,(H,19,21)(H,22,23). The second-order valence-electron chi connectivity index (χ2n) is 5.92. The van der Waals surface area contributed by atoms with Gasteiger partial charge in [-0.3, -0.25) is 4.79 Å². The first kappa shape index (κ1) is 18.4. The molecule has 1 aromatic carbocycles. The van der Waals surface area contributed by atoms with E-state index in [0.29, 0.717) is 23.0 Å². The van der Waals surface area contributed by atoms with Crippen LogP contribution in [0.5, 0.6) is 0 Å². The van der Waals surface area contributed by atoms with E-state index in [1.165, 1.54) is 19.5 Å². The number of amides is 1. The summed E-state index contributed by atoms with van der Waals surface area (Å²) in [4.78, 5) is 32.1. The highest BCUT2D eigenvalue weighted by Gasteiger charge is 2.11. The zero-order valence-electron chi connectivity index (χ0n) is 14.6. The Kier molecular flexibility index (Phi) is 6.45. The van der Waals surface area contributed by atoms with Gasteiger partial charge in [-0.2, -0.15) is 0 Å². The number of hydrogen-bond acceptors (Lipinski definition) is 6. The van der Waals surface area contributed by atoms with Crippen LogP contribution in [0.4, 0.5) is 11.5 Å². The Morgan fingerprint density at radius 2 is 2.00 bits per heavy atom. The number of nitrogens with one attached hydrogen (secondary N) is 2. The topological polar surface area (TPSA) is 93.2 Å². The van der Waals surface area contributed by atoms with E-state index in [9.17, 15) is 9.59 Å². The summed E-state index contributed by atoms with van der Waals surface area (Å²) in [6, 6.07) is 6.49. The molecule has 1 amide bonds. The van der Waals surface area contributed by atoms with E-state index in [1.54, 1.807) is 24.3 Å². The maximum absolute atomic E-state index is 12.2. The Hall–Kier alpha value is -2.96. The van der Waals surface area contributed by atoms with E-state index in [2.05, 4.69) is 39.2 Å². The lowest BCUT2D eigenvalue weighted by Crippen LogP contribution is -2.15. The summed E-state index contributed by atoms with van der Waals surface area (Å²) >= 11 is 0. The van der Waals surface area contributed by atoms with Crippen LogP contribution >= 0.6 is 0 Å². The van der Waals surface area contributed by atoms with Crippen LogP contribution < -0.4 is 10.6 Å². The first-order chi connectivity index (χ1) is 12.0. The summed E-state index contributed by atoms with van der Waals surface area (Å²) in [5.74, 6) is 0.368. The first-order valence-electron chi connectivity index (χ1n) is 8.05. The van der Waals surface area contributed by atoms with Gasteiger partial charge in [0.1, 0.15) is 11.5 Å². The second-order valence-corrected chi connectivity index (χ2v) is 5.92. The van der Waals surface area contributed by atoms with Gasteiger partial charge in [-0.25, -0.2) is 14.8 Å². The molecule has 7 heteroatoms. The lowest BCUT2D eigenvalue weighted by molar-refractivity contribution is 0.0600. The smallest absolute Gasteiger partial charge is 0.337 e. The zero-order valence-corrected chi connectivity index (χ0v) is 14.6. The Morgan fingerprint density at radius 1 is 1.20 bits per heavy atom. The molecule has 25 heavy (non-hydrogen) atoms. The fraction of sp³-hybridized carbons (Fsp3) is 0.333. The van der Waals surface area contributed by atoms with Crippen LogP contribution in [-0.2, 0) is 4.74 Å². The summed E-state index contributed by atoms with van der Waals surface area (Å²) in [7, 11) is 1.31. The predicted molar refractivity (Wildman–Crippen MR) is 95.7 cm³/mol. The molecular formula is C18H22N4O3. The van der Waals surface area contributed by atoms with Gasteiger partial charge < -0.3 is 15.4 Å². The summed E-state index contributed by atoms with van der Waals surface area (Å²) < 4.78 is 4.66. The number of methoxy groups -OCH3 is 1. The van der Waals surface area contributed by atoms with Crippen molar-refractivity contribution in [1.82, 2.24) is 9.97 Å². The lowest BCUT2D eigenvalue weighted by Gasteiger charge is -2.08. The van der Waals surface area contributed by atoms with Gasteiger partial charge in [-0.1, -0.05) is 19.9 Å². The average Bonchev–Trinajstić information content (AvgIpc) is 2.61. The zero-order chi connectivity index (χ0) is 18.2. The number of ether oxygens (including phenoxy) is 1. The fourth-order valence-corrected chi connectivity index (χ4v) is 2.06. The largest absolute Gasteiger partial charge is 0.465 e. The van der Waals surface area contributed by atoms with Crippen molar-refractivity contribution >= 4 is 23.4 Å². The number of rotatable bonds is 7. The number of carbonyl (C=O) groups excluding carboxylic acids is 2. The van der Waals surface area contributed by atoms with Gasteiger partial charge >= 0.3 is 5.97 Å². The summed E-state index contributed by atoms with van der Waals surface area (Å²) in [5, 5.41) is 5.85. The van der Waals surface area contributed by atoms with E-state index >= 15 is 0 Å². The predicted octanol–water partition coefficient (Wildman–Crippen LogP) is 2.97. The minimum absolute atomic E-state index is 0.192. The number of hydrogen-bond donors (Lipinski definition) is 2. The molecular weight excluding hydrogens is 320 g/mol. The highest BCUT2D eigenvalue weighted by Crippen LogP contribution is 2.13. The molecule has 2 N–H and O–H groups in total. The van der Waals surface area contributed by atoms with E-state index in [0.717, 1.165) is 13.0 Å². The summed E-state index contributed by atoms with van der Waals surface area (Å²) in [5.41, 5.74) is 1.03. The van der Waals surface area contributed by atoms with E-state index in [-0.39, 0.29) is 5.69 Å². The van der Waals surface area contributed by atoms with Gasteiger partial charge in [0.25, 0.3) is 5.91 Å². The van der Waals surface area contributed by atoms with Gasteiger partial charge in [0.15, 0.2) is 0 Å². The highest BCUT2D eigenvalue weighted by molar-refractivity contribution is 6.03. The van der Waals surface area contributed by atoms with E-state index in [4.69, 9.17) is 0 Å². The van der Waals surface area contributed by atoms with E-state index < -0.39 is 11.9 Å². The van der Waals surface area contributed by atoms with Gasteiger partial charge in [-0.05, 0) is 30.5 Å². The van der Waals surface area contributed by atoms with Crippen LogP contribution in [0.15, 0.2) is 36.7 Å². The molecule has 2 aromatic rings. The van der Waals surface area contributed by atoms with Crippen molar-refractivity contribution in [2.24, 2.45) is 5.92 Å². The Bertz CT molecular complexity index is 729. The SMILES string of the molecule is COC(=O)c1cccc(NC(=O)c2cnc(NCCC(C)C)cn2)c1. The molecule has 0 saturated carbocycles. The van der Waals surface area contributed by atoms with Crippen molar-refractivity contribution in [2.75, 3.05) is 24.3 Å². The molecule has 0 aliphatic heterocycles. The molecule has 0 atom stereocenters. The monoisotopic (exact) mass is 342 g/mol. The van der Waals surface area contributed by atoms with Gasteiger partial charge in [0.05, 0.1) is 25.1 Å². The molecule has 1 aromatic heterocycles. The molecule has 0 unspecified atom stereocenters. The minimum atomic E-state index is -0.465. The summed E-state index contributed by atoms with van der Waals surface area (Å²) in [6.07, 6.45) is 3.97. The number of anilines is 2. The van der Waals surface area contributed by atoms with Crippen molar-refractivity contribution in [1.29, 1.82) is 0 Å². The van der Waals surface area contributed by atoms with Crippen LogP contribution in [0.3, 0.4) is 0 Å². The van der Waals surface area contributed by atoms with Crippen LogP contribution in [0.1, 0.15) is 41.1 Å². The van der Waals surface area contributed by atoms with Crippen LogP contribution in [0.2, 0.25) is 0 Å². The molecule has 0 radical (unpaired) electrons.